The molecular formula is C12H8BrClO. The van der Waals surface area contributed by atoms with Crippen LogP contribution < -0.4 is 0 Å². The quantitative estimate of drug-likeness (QED) is 0.818. The lowest BCUT2D eigenvalue weighted by Crippen LogP contribution is -1.79. The van der Waals surface area contributed by atoms with Gasteiger partial charge in [-0.05, 0) is 29.3 Å². The van der Waals surface area contributed by atoms with Crippen LogP contribution in [0.3, 0.4) is 0 Å². The van der Waals surface area contributed by atoms with Crippen LogP contribution in [0.15, 0.2) is 46.9 Å². The fraction of sp³-hybridized carbons (Fsp3) is 0. The highest BCUT2D eigenvalue weighted by molar-refractivity contribution is 9.10. The molecule has 0 radical (unpaired) electrons. The maximum Gasteiger partial charge on any atom is 0.134 e. The molecule has 0 aliphatic heterocycles. The van der Waals surface area contributed by atoms with Gasteiger partial charge in [0, 0.05) is 4.47 Å². The summed E-state index contributed by atoms with van der Waals surface area (Å²) in [6, 6.07) is 13.1. The summed E-state index contributed by atoms with van der Waals surface area (Å²) in [4.78, 5) is 0. The Labute approximate surface area is 101 Å². The van der Waals surface area contributed by atoms with Crippen molar-refractivity contribution in [2.45, 2.75) is 0 Å². The van der Waals surface area contributed by atoms with E-state index in [4.69, 9.17) is 11.6 Å². The van der Waals surface area contributed by atoms with Crippen LogP contribution in [0.2, 0.25) is 5.02 Å². The molecule has 15 heavy (non-hydrogen) atoms. The number of hydrogen-bond acceptors (Lipinski definition) is 1. The summed E-state index contributed by atoms with van der Waals surface area (Å²) in [6.45, 7) is 0. The second kappa shape index (κ2) is 4.25. The summed E-state index contributed by atoms with van der Waals surface area (Å²) in [7, 11) is 0. The molecule has 0 fully saturated rings. The minimum Gasteiger partial charge on any atom is -0.506 e. The fourth-order valence-electron chi connectivity index (χ4n) is 1.37. The molecule has 2 rings (SSSR count). The monoisotopic (exact) mass is 282 g/mol. The third-order valence-corrected chi connectivity index (χ3v) is 3.13. The second-order valence-corrected chi connectivity index (χ2v) is 4.41. The molecule has 0 spiro atoms. The van der Waals surface area contributed by atoms with Gasteiger partial charge in [0.05, 0.1) is 5.02 Å². The minimum atomic E-state index is 0.104. The Morgan fingerprint density at radius 2 is 1.80 bits per heavy atom. The molecule has 0 aliphatic carbocycles. The summed E-state index contributed by atoms with van der Waals surface area (Å²) in [5.74, 6) is 0.104. The van der Waals surface area contributed by atoms with E-state index in [0.717, 1.165) is 15.6 Å². The van der Waals surface area contributed by atoms with Crippen LogP contribution in [0, 0.1) is 0 Å². The van der Waals surface area contributed by atoms with Gasteiger partial charge in [-0.1, -0.05) is 51.8 Å². The zero-order valence-electron chi connectivity index (χ0n) is 7.74. The summed E-state index contributed by atoms with van der Waals surface area (Å²) in [5.41, 5.74) is 2.03. The van der Waals surface area contributed by atoms with Crippen LogP contribution in [0.1, 0.15) is 0 Å². The van der Waals surface area contributed by atoms with E-state index in [-0.39, 0.29) is 5.75 Å². The van der Waals surface area contributed by atoms with Gasteiger partial charge >= 0.3 is 0 Å². The summed E-state index contributed by atoms with van der Waals surface area (Å²) in [5, 5.41) is 9.68. The minimum absolute atomic E-state index is 0.104. The maximum absolute atomic E-state index is 9.32. The first kappa shape index (κ1) is 10.5. The van der Waals surface area contributed by atoms with Crippen molar-refractivity contribution >= 4 is 27.5 Å². The van der Waals surface area contributed by atoms with Crippen molar-refractivity contribution < 1.29 is 5.11 Å². The van der Waals surface area contributed by atoms with Crippen molar-refractivity contribution in [1.29, 1.82) is 0 Å². The molecule has 0 saturated carbocycles. The number of benzene rings is 2. The van der Waals surface area contributed by atoms with Gasteiger partial charge in [-0.15, -0.1) is 0 Å². The third kappa shape index (κ3) is 2.16. The Balaban J connectivity index is 2.55. The van der Waals surface area contributed by atoms with Crippen molar-refractivity contribution in [3.05, 3.63) is 52.0 Å². The van der Waals surface area contributed by atoms with Crippen molar-refractivity contribution in [1.82, 2.24) is 0 Å². The van der Waals surface area contributed by atoms with E-state index in [1.54, 1.807) is 12.1 Å². The molecule has 0 atom stereocenters. The van der Waals surface area contributed by atoms with Crippen LogP contribution in [-0.2, 0) is 0 Å². The lowest BCUT2D eigenvalue weighted by molar-refractivity contribution is 0.475. The zero-order valence-corrected chi connectivity index (χ0v) is 10.1. The predicted octanol–water partition coefficient (Wildman–Crippen LogP) is 4.48. The average molecular weight is 284 g/mol. The molecule has 0 saturated heterocycles. The SMILES string of the molecule is Oc1ccc(-c2ccccc2Br)cc1Cl. The Kier molecular flexibility index (Phi) is 2.98. The summed E-state index contributed by atoms with van der Waals surface area (Å²) in [6.07, 6.45) is 0. The van der Waals surface area contributed by atoms with Crippen LogP contribution in [0.5, 0.6) is 5.75 Å². The number of phenolic OH excluding ortho intramolecular Hbond substituents is 1. The van der Waals surface area contributed by atoms with E-state index in [1.165, 1.54) is 0 Å². The van der Waals surface area contributed by atoms with E-state index >= 15 is 0 Å². The lowest BCUT2D eigenvalue weighted by atomic mass is 10.1. The number of rotatable bonds is 1. The van der Waals surface area contributed by atoms with E-state index in [0.29, 0.717) is 5.02 Å². The first-order valence-corrected chi connectivity index (χ1v) is 5.59. The molecule has 1 nitrogen and oxygen atoms in total. The van der Waals surface area contributed by atoms with Crippen molar-refractivity contribution in [2.24, 2.45) is 0 Å². The molecule has 3 heteroatoms. The van der Waals surface area contributed by atoms with Crippen molar-refractivity contribution in [3.8, 4) is 16.9 Å². The van der Waals surface area contributed by atoms with Gasteiger partial charge in [-0.3, -0.25) is 0 Å². The standard InChI is InChI=1S/C12H8BrClO/c13-10-4-2-1-3-9(10)8-5-6-12(15)11(14)7-8/h1-7,15H. The van der Waals surface area contributed by atoms with Gasteiger partial charge in [0.15, 0.2) is 0 Å². The molecule has 0 amide bonds. The first-order chi connectivity index (χ1) is 7.18. The molecule has 0 bridgehead atoms. The lowest BCUT2D eigenvalue weighted by Gasteiger charge is -2.05. The highest BCUT2D eigenvalue weighted by Crippen LogP contribution is 2.32. The summed E-state index contributed by atoms with van der Waals surface area (Å²) >= 11 is 9.32. The molecule has 2 aromatic rings. The first-order valence-electron chi connectivity index (χ1n) is 4.42. The Morgan fingerprint density at radius 1 is 1.07 bits per heavy atom. The number of hydrogen-bond donors (Lipinski definition) is 1. The van der Waals surface area contributed by atoms with Crippen LogP contribution in [0.25, 0.3) is 11.1 Å². The molecular weight excluding hydrogens is 275 g/mol. The highest BCUT2D eigenvalue weighted by atomic mass is 79.9. The predicted molar refractivity (Wildman–Crippen MR) is 66.3 cm³/mol. The number of halogens is 2. The zero-order chi connectivity index (χ0) is 10.8. The Hall–Kier alpha value is -0.990. The van der Waals surface area contributed by atoms with Gasteiger partial charge in [-0.25, -0.2) is 0 Å². The van der Waals surface area contributed by atoms with Gasteiger partial charge in [0.1, 0.15) is 5.75 Å². The van der Waals surface area contributed by atoms with Crippen molar-refractivity contribution in [2.75, 3.05) is 0 Å². The normalized spacial score (nSPS) is 10.3. The molecule has 76 valence electrons. The van der Waals surface area contributed by atoms with E-state index in [9.17, 15) is 5.11 Å². The van der Waals surface area contributed by atoms with Crippen LogP contribution >= 0.6 is 27.5 Å². The van der Waals surface area contributed by atoms with E-state index in [1.807, 2.05) is 30.3 Å². The molecule has 0 aliphatic rings. The fourth-order valence-corrected chi connectivity index (χ4v) is 2.06. The van der Waals surface area contributed by atoms with E-state index < -0.39 is 0 Å². The molecule has 0 aromatic heterocycles. The van der Waals surface area contributed by atoms with Crippen LogP contribution in [-0.4, -0.2) is 5.11 Å². The second-order valence-electron chi connectivity index (χ2n) is 3.15. The van der Waals surface area contributed by atoms with Crippen molar-refractivity contribution in [3.63, 3.8) is 0 Å². The molecule has 0 heterocycles. The average Bonchev–Trinajstić information content (AvgIpc) is 2.23. The topological polar surface area (TPSA) is 20.2 Å². The third-order valence-electron chi connectivity index (χ3n) is 2.13. The molecule has 0 unspecified atom stereocenters. The maximum atomic E-state index is 9.32. The highest BCUT2D eigenvalue weighted by Gasteiger charge is 2.04. The number of aromatic hydroxyl groups is 1. The largest absolute Gasteiger partial charge is 0.506 e. The van der Waals surface area contributed by atoms with Crippen LogP contribution in [0.4, 0.5) is 0 Å². The van der Waals surface area contributed by atoms with E-state index in [2.05, 4.69) is 15.9 Å². The Morgan fingerprint density at radius 3 is 2.47 bits per heavy atom. The summed E-state index contributed by atoms with van der Waals surface area (Å²) < 4.78 is 1.01. The van der Waals surface area contributed by atoms with Gasteiger partial charge in [0.2, 0.25) is 0 Å². The molecule has 2 aromatic carbocycles. The Bertz CT molecular complexity index is 497. The van der Waals surface area contributed by atoms with Gasteiger partial charge in [0.25, 0.3) is 0 Å². The van der Waals surface area contributed by atoms with Gasteiger partial charge in [-0.2, -0.15) is 0 Å². The van der Waals surface area contributed by atoms with Gasteiger partial charge < -0.3 is 5.11 Å². The smallest absolute Gasteiger partial charge is 0.134 e. The number of phenols is 1. The molecule has 1 N–H and O–H groups in total.